The van der Waals surface area contributed by atoms with E-state index in [1.54, 1.807) is 0 Å². The molecule has 17 heavy (non-hydrogen) atoms. The van der Waals surface area contributed by atoms with Crippen molar-refractivity contribution >= 4 is 12.4 Å². The van der Waals surface area contributed by atoms with Gasteiger partial charge < -0.3 is 5.32 Å². The summed E-state index contributed by atoms with van der Waals surface area (Å²) >= 11 is 0. The normalized spacial score (nSPS) is 26.0. The Hall–Kier alpha value is -0.530. The Balaban J connectivity index is 0.00000144. The highest BCUT2D eigenvalue weighted by molar-refractivity contribution is 5.85. The molecule has 1 saturated carbocycles. The smallest absolute Gasteiger partial charge is 0.0294 e. The molecule has 0 aromatic heterocycles. The molecule has 1 aromatic rings. The maximum absolute atomic E-state index is 3.78. The molecule has 0 unspecified atom stereocenters. The van der Waals surface area contributed by atoms with E-state index < -0.39 is 0 Å². The van der Waals surface area contributed by atoms with Crippen molar-refractivity contribution in [2.24, 2.45) is 5.92 Å². The van der Waals surface area contributed by atoms with Gasteiger partial charge in [-0.05, 0) is 31.2 Å². The van der Waals surface area contributed by atoms with Gasteiger partial charge in [0.15, 0.2) is 0 Å². The fourth-order valence-electron chi connectivity index (χ4n) is 2.72. The largest absolute Gasteiger partial charge is 0.307 e. The first-order valence-corrected chi connectivity index (χ1v) is 6.58. The summed E-state index contributed by atoms with van der Waals surface area (Å²) in [5, 5.41) is 3.78. The van der Waals surface area contributed by atoms with Crippen molar-refractivity contribution in [3.63, 3.8) is 0 Å². The average molecular weight is 254 g/mol. The Morgan fingerprint density at radius 1 is 1.12 bits per heavy atom. The Morgan fingerprint density at radius 2 is 1.76 bits per heavy atom. The van der Waals surface area contributed by atoms with Gasteiger partial charge in [0.05, 0.1) is 0 Å². The molecule has 1 aliphatic rings. The van der Waals surface area contributed by atoms with Crippen molar-refractivity contribution in [1.29, 1.82) is 0 Å². The molecule has 0 amide bonds. The molecule has 2 heteroatoms. The Kier molecular flexibility index (Phi) is 6.01. The Morgan fingerprint density at radius 3 is 2.41 bits per heavy atom. The second-order valence-electron chi connectivity index (χ2n) is 5.17. The molecule has 0 radical (unpaired) electrons. The van der Waals surface area contributed by atoms with Crippen LogP contribution in [0.2, 0.25) is 0 Å². The van der Waals surface area contributed by atoms with Gasteiger partial charge in [-0.2, -0.15) is 0 Å². The lowest BCUT2D eigenvalue weighted by molar-refractivity contribution is 0.263. The van der Waals surface area contributed by atoms with Gasteiger partial charge in [0.1, 0.15) is 0 Å². The van der Waals surface area contributed by atoms with Crippen molar-refractivity contribution in [2.45, 2.75) is 51.6 Å². The molecular formula is C15H24ClN. The first kappa shape index (κ1) is 14.5. The molecule has 0 bridgehead atoms. The van der Waals surface area contributed by atoms with Gasteiger partial charge in [0.25, 0.3) is 0 Å². The lowest BCUT2D eigenvalue weighted by atomic mass is 9.85. The van der Waals surface area contributed by atoms with Gasteiger partial charge in [-0.25, -0.2) is 0 Å². The second-order valence-corrected chi connectivity index (χ2v) is 5.17. The quantitative estimate of drug-likeness (QED) is 0.845. The molecule has 3 atom stereocenters. The molecule has 96 valence electrons. The van der Waals surface area contributed by atoms with Crippen LogP contribution < -0.4 is 5.32 Å². The molecule has 0 heterocycles. The fourth-order valence-corrected chi connectivity index (χ4v) is 2.72. The van der Waals surface area contributed by atoms with Gasteiger partial charge in [-0.15, -0.1) is 12.4 Å². The van der Waals surface area contributed by atoms with Crippen LogP contribution in [0.15, 0.2) is 30.3 Å². The summed E-state index contributed by atoms with van der Waals surface area (Å²) in [5.41, 5.74) is 1.40. The zero-order valence-corrected chi connectivity index (χ0v) is 11.7. The molecule has 0 aliphatic heterocycles. The maximum atomic E-state index is 3.78. The van der Waals surface area contributed by atoms with Crippen LogP contribution in [0, 0.1) is 5.92 Å². The van der Waals surface area contributed by atoms with Crippen LogP contribution in [-0.2, 0) is 0 Å². The number of hydrogen-bond donors (Lipinski definition) is 1. The molecule has 2 rings (SSSR count). The highest BCUT2D eigenvalue weighted by atomic mass is 35.5. The molecule has 1 aliphatic carbocycles. The third-order valence-corrected chi connectivity index (χ3v) is 3.88. The van der Waals surface area contributed by atoms with Gasteiger partial charge in [0.2, 0.25) is 0 Å². The van der Waals surface area contributed by atoms with Crippen molar-refractivity contribution in [3.05, 3.63) is 35.9 Å². The summed E-state index contributed by atoms with van der Waals surface area (Å²) in [5.74, 6) is 0.833. The van der Waals surface area contributed by atoms with Gasteiger partial charge in [0, 0.05) is 12.1 Å². The van der Waals surface area contributed by atoms with E-state index in [0.29, 0.717) is 12.1 Å². The van der Waals surface area contributed by atoms with Crippen LogP contribution in [-0.4, -0.2) is 6.04 Å². The zero-order chi connectivity index (χ0) is 11.4. The number of rotatable bonds is 3. The predicted octanol–water partition coefficient (Wildman–Crippen LogP) is 4.34. The maximum Gasteiger partial charge on any atom is 0.0294 e. The number of benzene rings is 1. The first-order valence-electron chi connectivity index (χ1n) is 6.58. The van der Waals surface area contributed by atoms with Crippen molar-refractivity contribution in [2.75, 3.05) is 0 Å². The minimum Gasteiger partial charge on any atom is -0.307 e. The lowest BCUT2D eigenvalue weighted by Gasteiger charge is -2.32. The van der Waals surface area contributed by atoms with E-state index in [1.807, 2.05) is 0 Å². The van der Waals surface area contributed by atoms with E-state index in [-0.39, 0.29) is 12.4 Å². The number of halogens is 1. The first-order chi connectivity index (χ1) is 7.77. The summed E-state index contributed by atoms with van der Waals surface area (Å²) in [4.78, 5) is 0. The monoisotopic (exact) mass is 253 g/mol. The van der Waals surface area contributed by atoms with Crippen LogP contribution in [0.25, 0.3) is 0 Å². The minimum absolute atomic E-state index is 0. The van der Waals surface area contributed by atoms with Crippen LogP contribution in [0.4, 0.5) is 0 Å². The van der Waals surface area contributed by atoms with Crippen LogP contribution in [0.3, 0.4) is 0 Å². The van der Waals surface area contributed by atoms with Crippen molar-refractivity contribution < 1.29 is 0 Å². The lowest BCUT2D eigenvalue weighted by Crippen LogP contribution is -2.38. The second kappa shape index (κ2) is 7.03. The molecule has 1 aromatic carbocycles. The summed E-state index contributed by atoms with van der Waals surface area (Å²) in [6, 6.07) is 11.9. The standard InChI is InChI=1S/C15H23N.ClH/c1-12-8-6-7-11-15(12)16-13(2)14-9-4-3-5-10-14;/h3-5,9-10,12-13,15-16H,6-8,11H2,1-2H3;1H/t12-,13+,15+;/m1./s1. The Bertz CT molecular complexity index is 312. The number of nitrogens with one attached hydrogen (secondary N) is 1. The summed E-state index contributed by atoms with van der Waals surface area (Å²) in [7, 11) is 0. The summed E-state index contributed by atoms with van der Waals surface area (Å²) < 4.78 is 0. The summed E-state index contributed by atoms with van der Waals surface area (Å²) in [6.07, 6.45) is 5.54. The van der Waals surface area contributed by atoms with E-state index in [1.165, 1.54) is 31.2 Å². The molecule has 1 fully saturated rings. The molecule has 1 N–H and O–H groups in total. The third-order valence-electron chi connectivity index (χ3n) is 3.88. The third kappa shape index (κ3) is 4.01. The molecule has 0 saturated heterocycles. The van der Waals surface area contributed by atoms with E-state index in [0.717, 1.165) is 5.92 Å². The molecule has 1 nitrogen and oxygen atoms in total. The fraction of sp³-hybridized carbons (Fsp3) is 0.600. The van der Waals surface area contributed by atoms with Crippen LogP contribution in [0.1, 0.15) is 51.1 Å². The van der Waals surface area contributed by atoms with E-state index >= 15 is 0 Å². The van der Waals surface area contributed by atoms with Crippen LogP contribution >= 0.6 is 12.4 Å². The van der Waals surface area contributed by atoms with E-state index in [9.17, 15) is 0 Å². The predicted molar refractivity (Wildman–Crippen MR) is 76.7 cm³/mol. The zero-order valence-electron chi connectivity index (χ0n) is 10.9. The minimum atomic E-state index is 0. The van der Waals surface area contributed by atoms with Crippen LogP contribution in [0.5, 0.6) is 0 Å². The topological polar surface area (TPSA) is 12.0 Å². The van der Waals surface area contributed by atoms with Crippen molar-refractivity contribution in [1.82, 2.24) is 5.32 Å². The SMILES string of the molecule is C[C@H](N[C@H]1CCCC[C@H]1C)c1ccccc1.Cl. The highest BCUT2D eigenvalue weighted by Crippen LogP contribution is 2.26. The van der Waals surface area contributed by atoms with Gasteiger partial charge in [-0.1, -0.05) is 50.1 Å². The van der Waals surface area contributed by atoms with Gasteiger partial charge >= 0.3 is 0 Å². The highest BCUT2D eigenvalue weighted by Gasteiger charge is 2.22. The van der Waals surface area contributed by atoms with Gasteiger partial charge in [-0.3, -0.25) is 0 Å². The molecule has 0 spiro atoms. The summed E-state index contributed by atoms with van der Waals surface area (Å²) in [6.45, 7) is 4.66. The average Bonchev–Trinajstić information content (AvgIpc) is 2.33. The molecular weight excluding hydrogens is 230 g/mol. The van der Waals surface area contributed by atoms with E-state index in [2.05, 4.69) is 49.5 Å². The number of hydrogen-bond acceptors (Lipinski definition) is 1. The Labute approximate surface area is 111 Å². The van der Waals surface area contributed by atoms with E-state index in [4.69, 9.17) is 0 Å². The van der Waals surface area contributed by atoms with Crippen molar-refractivity contribution in [3.8, 4) is 0 Å².